The van der Waals surface area contributed by atoms with Crippen LogP contribution in [0.5, 0.6) is 0 Å². The maximum absolute atomic E-state index is 15.8. The Morgan fingerprint density at radius 2 is 1.84 bits per heavy atom. The summed E-state index contributed by atoms with van der Waals surface area (Å²) in [5.41, 5.74) is 2.33. The van der Waals surface area contributed by atoms with Crippen LogP contribution in [0.2, 0.25) is 5.15 Å². The summed E-state index contributed by atoms with van der Waals surface area (Å²) in [6.45, 7) is 2.34. The molecule has 3 aliphatic carbocycles. The van der Waals surface area contributed by atoms with Crippen LogP contribution in [0.4, 0.5) is 4.39 Å². The summed E-state index contributed by atoms with van der Waals surface area (Å²) in [5.74, 6) is 2.80. The molecule has 6 nitrogen and oxygen atoms in total. The molecule has 7 rings (SSSR count). The van der Waals surface area contributed by atoms with E-state index >= 15 is 4.39 Å². The quantitative estimate of drug-likeness (QED) is 0.438. The lowest BCUT2D eigenvalue weighted by Crippen LogP contribution is -2.39. The average molecular weight is 451 g/mol. The lowest BCUT2D eigenvalue weighted by Gasteiger charge is -2.47. The normalized spacial score (nSPS) is 25.0. The van der Waals surface area contributed by atoms with Crippen LogP contribution in [0.15, 0.2) is 36.9 Å². The van der Waals surface area contributed by atoms with Crippen molar-refractivity contribution < 1.29 is 4.39 Å². The molecule has 1 N–H and O–H groups in total. The van der Waals surface area contributed by atoms with Crippen molar-refractivity contribution >= 4 is 22.8 Å². The predicted octanol–water partition coefficient (Wildman–Crippen LogP) is 5.61. The van der Waals surface area contributed by atoms with E-state index in [9.17, 15) is 0 Å². The van der Waals surface area contributed by atoms with Gasteiger partial charge in [-0.3, -0.25) is 0 Å². The number of hydrogen-bond donors (Lipinski definition) is 1. The van der Waals surface area contributed by atoms with E-state index in [0.29, 0.717) is 57.6 Å². The first kappa shape index (κ1) is 19.9. The Morgan fingerprint density at radius 1 is 1.09 bits per heavy atom. The molecule has 2 atom stereocenters. The minimum atomic E-state index is -0.345. The Balaban J connectivity index is 1.48. The molecule has 0 radical (unpaired) electrons. The number of aromatic amines is 1. The first-order valence-corrected chi connectivity index (χ1v) is 11.7. The number of halogens is 2. The van der Waals surface area contributed by atoms with E-state index in [4.69, 9.17) is 16.6 Å². The van der Waals surface area contributed by atoms with Gasteiger partial charge in [0, 0.05) is 18.6 Å². The second-order valence-corrected chi connectivity index (χ2v) is 9.60. The molecular formula is C24H24ClFN6. The molecule has 32 heavy (non-hydrogen) atoms. The third kappa shape index (κ3) is 3.22. The summed E-state index contributed by atoms with van der Waals surface area (Å²) < 4.78 is 17.5. The molecule has 0 spiro atoms. The standard InChI is InChI=1S/C24H24ClFN6/c1-13-14-4-6-15(7-5-14)16(13)10-18-20(26)24(32-8-2-3-9-32)31-22(29-18)17-11-27-23-21(17)30-19(25)12-28-23/h2-3,8-9,11-16H,4-7,10H2,1H3,(H,27,28)/t13-,14?,15?,16+/m0/s1. The van der Waals surface area contributed by atoms with Crippen molar-refractivity contribution in [1.82, 2.24) is 29.5 Å². The van der Waals surface area contributed by atoms with Gasteiger partial charge in [-0.15, -0.1) is 0 Å². The van der Waals surface area contributed by atoms with Crippen LogP contribution < -0.4 is 0 Å². The van der Waals surface area contributed by atoms with Gasteiger partial charge < -0.3 is 9.55 Å². The Labute approximate surface area is 190 Å². The number of H-pyrrole nitrogens is 1. The molecule has 8 heteroatoms. The highest BCUT2D eigenvalue weighted by Gasteiger charge is 2.41. The molecular weight excluding hydrogens is 427 g/mol. The first-order chi connectivity index (χ1) is 15.6. The van der Waals surface area contributed by atoms with Crippen molar-refractivity contribution in [1.29, 1.82) is 0 Å². The van der Waals surface area contributed by atoms with E-state index in [0.717, 1.165) is 5.92 Å². The Kier molecular flexibility index (Phi) is 4.75. The van der Waals surface area contributed by atoms with E-state index in [1.165, 1.54) is 31.9 Å². The molecule has 0 aromatic carbocycles. The number of aromatic nitrogens is 6. The number of nitrogens with one attached hydrogen (secondary N) is 1. The molecule has 4 aromatic heterocycles. The van der Waals surface area contributed by atoms with Crippen LogP contribution in [0.1, 0.15) is 38.3 Å². The molecule has 3 aliphatic rings. The van der Waals surface area contributed by atoms with Crippen molar-refractivity contribution in [3.8, 4) is 17.2 Å². The summed E-state index contributed by atoms with van der Waals surface area (Å²) in [6.07, 6.45) is 12.6. The highest BCUT2D eigenvalue weighted by atomic mass is 35.5. The minimum absolute atomic E-state index is 0.257. The number of nitrogens with zero attached hydrogens (tertiary/aromatic N) is 5. The number of fused-ring (bicyclic) bond motifs is 4. The van der Waals surface area contributed by atoms with Crippen LogP contribution in [-0.4, -0.2) is 29.5 Å². The van der Waals surface area contributed by atoms with Crippen LogP contribution >= 0.6 is 11.6 Å². The van der Waals surface area contributed by atoms with Crippen molar-refractivity contribution in [2.24, 2.45) is 23.7 Å². The van der Waals surface area contributed by atoms with Gasteiger partial charge in [0.25, 0.3) is 0 Å². The van der Waals surface area contributed by atoms with Gasteiger partial charge in [0.2, 0.25) is 0 Å². The SMILES string of the molecule is C[C@H]1C2CCC(CC2)[C@@H]1Cc1nc(-c2c[nH]c3ncc(Cl)nc23)nc(-n2cccc2)c1F. The van der Waals surface area contributed by atoms with Crippen LogP contribution in [-0.2, 0) is 6.42 Å². The maximum Gasteiger partial charge on any atom is 0.187 e. The fourth-order valence-corrected chi connectivity index (χ4v) is 6.01. The molecule has 4 aromatic rings. The lowest BCUT2D eigenvalue weighted by molar-refractivity contribution is 0.0334. The van der Waals surface area contributed by atoms with E-state index in [2.05, 4.69) is 26.9 Å². The smallest absolute Gasteiger partial charge is 0.187 e. The maximum atomic E-state index is 15.8. The highest BCUT2D eigenvalue weighted by Crippen LogP contribution is 2.49. The number of hydrogen-bond acceptors (Lipinski definition) is 4. The zero-order valence-electron chi connectivity index (χ0n) is 17.8. The van der Waals surface area contributed by atoms with Crippen molar-refractivity contribution in [2.45, 2.75) is 39.0 Å². The summed E-state index contributed by atoms with van der Waals surface area (Å²) in [4.78, 5) is 21.1. The monoisotopic (exact) mass is 450 g/mol. The predicted molar refractivity (Wildman–Crippen MR) is 121 cm³/mol. The fourth-order valence-electron chi connectivity index (χ4n) is 5.88. The lowest BCUT2D eigenvalue weighted by atomic mass is 9.58. The minimum Gasteiger partial charge on any atom is -0.344 e. The van der Waals surface area contributed by atoms with Gasteiger partial charge in [-0.2, -0.15) is 0 Å². The molecule has 4 heterocycles. The van der Waals surface area contributed by atoms with Crippen LogP contribution in [0.3, 0.4) is 0 Å². The second kappa shape index (κ2) is 7.66. The zero-order chi connectivity index (χ0) is 21.8. The highest BCUT2D eigenvalue weighted by molar-refractivity contribution is 6.29. The molecule has 0 aliphatic heterocycles. The van der Waals surface area contributed by atoms with E-state index in [1.807, 2.05) is 12.1 Å². The van der Waals surface area contributed by atoms with Gasteiger partial charge in [0.05, 0.1) is 17.5 Å². The molecule has 0 unspecified atom stereocenters. The second-order valence-electron chi connectivity index (χ2n) is 9.22. The largest absolute Gasteiger partial charge is 0.344 e. The third-order valence-electron chi connectivity index (χ3n) is 7.61. The van der Waals surface area contributed by atoms with Crippen LogP contribution in [0.25, 0.3) is 28.4 Å². The Hall–Kier alpha value is -2.80. The van der Waals surface area contributed by atoms with Crippen molar-refractivity contribution in [3.63, 3.8) is 0 Å². The van der Waals surface area contributed by atoms with Gasteiger partial charge in [-0.1, -0.05) is 18.5 Å². The van der Waals surface area contributed by atoms with Crippen LogP contribution in [0, 0.1) is 29.5 Å². The number of rotatable bonds is 4. The molecule has 3 fully saturated rings. The molecule has 164 valence electrons. The van der Waals surface area contributed by atoms with Gasteiger partial charge in [0.1, 0.15) is 10.7 Å². The zero-order valence-corrected chi connectivity index (χ0v) is 18.6. The van der Waals surface area contributed by atoms with Gasteiger partial charge in [0.15, 0.2) is 23.1 Å². The topological polar surface area (TPSA) is 72.3 Å². The molecule has 2 bridgehead atoms. The summed E-state index contributed by atoms with van der Waals surface area (Å²) >= 11 is 6.09. The van der Waals surface area contributed by atoms with Crippen molar-refractivity contribution in [2.75, 3.05) is 0 Å². The van der Waals surface area contributed by atoms with Crippen molar-refractivity contribution in [3.05, 3.63) is 53.6 Å². The first-order valence-electron chi connectivity index (χ1n) is 11.3. The fraction of sp³-hybridized carbons (Fsp3) is 0.417. The Morgan fingerprint density at radius 3 is 2.59 bits per heavy atom. The van der Waals surface area contributed by atoms with E-state index in [-0.39, 0.29) is 11.6 Å². The third-order valence-corrected chi connectivity index (χ3v) is 7.80. The molecule has 0 saturated heterocycles. The van der Waals surface area contributed by atoms with Gasteiger partial charge >= 0.3 is 0 Å². The molecule has 0 amide bonds. The summed E-state index contributed by atoms with van der Waals surface area (Å²) in [6, 6.07) is 3.72. The molecule has 3 saturated carbocycles. The van der Waals surface area contributed by atoms with E-state index < -0.39 is 0 Å². The van der Waals surface area contributed by atoms with Gasteiger partial charge in [-0.05, 0) is 67.9 Å². The van der Waals surface area contributed by atoms with E-state index in [1.54, 1.807) is 23.2 Å². The van der Waals surface area contributed by atoms with Gasteiger partial charge in [-0.25, -0.2) is 24.3 Å². The average Bonchev–Trinajstić information content (AvgIpc) is 3.48. The summed E-state index contributed by atoms with van der Waals surface area (Å²) in [7, 11) is 0. The summed E-state index contributed by atoms with van der Waals surface area (Å²) in [5, 5.41) is 0.290. The Bertz CT molecular complexity index is 1270.